The number of carbonyl (C=O) groups is 13. The quantitative estimate of drug-likeness (QED) is 0.0173. The minimum absolute atomic E-state index is 0.0736. The molecule has 2 fully saturated rings. The van der Waals surface area contributed by atoms with E-state index in [-0.39, 0.29) is 83.0 Å². The average molecular weight is 1350 g/mol. The van der Waals surface area contributed by atoms with Gasteiger partial charge in [-0.2, -0.15) is 11.8 Å². The Morgan fingerprint density at radius 1 is 0.537 bits per heavy atom. The van der Waals surface area contributed by atoms with Gasteiger partial charge in [0.1, 0.15) is 54.4 Å². The van der Waals surface area contributed by atoms with Crippen LogP contribution in [0.5, 0.6) is 0 Å². The van der Waals surface area contributed by atoms with Gasteiger partial charge in [0.25, 0.3) is 0 Å². The number of amides is 13. The van der Waals surface area contributed by atoms with Crippen molar-refractivity contribution in [2.45, 2.75) is 183 Å². The Balaban J connectivity index is 1.56. The van der Waals surface area contributed by atoms with E-state index in [1.165, 1.54) is 21.6 Å². The number of nitrogens with two attached hydrogens (primary N) is 7. The first-order valence-corrected chi connectivity index (χ1v) is 33.6. The predicted octanol–water partition coefficient (Wildman–Crippen LogP) is -3.71. The molecule has 31 nitrogen and oxygen atoms in total. The summed E-state index contributed by atoms with van der Waals surface area (Å²) in [6.45, 7) is 3.86. The van der Waals surface area contributed by atoms with E-state index >= 15 is 0 Å². The topological polar surface area (TPSA) is 519 Å². The Morgan fingerprint density at radius 2 is 1.01 bits per heavy atom. The summed E-state index contributed by atoms with van der Waals surface area (Å²) in [5, 5.41) is 21.1. The number of primary amides is 3. The molecule has 2 aliphatic rings. The maximum Gasteiger partial charge on any atom is 0.245 e. The van der Waals surface area contributed by atoms with E-state index in [1.54, 1.807) is 60.7 Å². The zero-order valence-electron chi connectivity index (χ0n) is 54.5. The second-order valence-electron chi connectivity index (χ2n) is 24.1. The zero-order valence-corrected chi connectivity index (χ0v) is 55.3. The van der Waals surface area contributed by atoms with Crippen LogP contribution >= 0.6 is 11.8 Å². The van der Waals surface area contributed by atoms with Gasteiger partial charge in [0, 0.05) is 45.3 Å². The molecule has 2 heterocycles. The first-order valence-electron chi connectivity index (χ1n) is 32.2. The van der Waals surface area contributed by atoms with Crippen molar-refractivity contribution in [3.63, 3.8) is 0 Å². The van der Waals surface area contributed by atoms with Crippen LogP contribution in [0, 0.1) is 5.92 Å². The molecule has 2 aliphatic heterocycles. The highest BCUT2D eigenvalue weighted by Crippen LogP contribution is 2.24. The number of aliphatic imine (C=N–C) groups is 1. The van der Waals surface area contributed by atoms with E-state index in [4.69, 9.17) is 40.1 Å². The molecule has 2 aromatic carbocycles. The van der Waals surface area contributed by atoms with Crippen LogP contribution < -0.4 is 82.7 Å². The van der Waals surface area contributed by atoms with Crippen LogP contribution in [0.4, 0.5) is 0 Å². The highest BCUT2D eigenvalue weighted by molar-refractivity contribution is 7.98. The molecular weight excluding hydrogens is 1250 g/mol. The lowest BCUT2D eigenvalue weighted by atomic mass is 10.0. The normalized spacial score (nSPS) is 16.8. The van der Waals surface area contributed by atoms with Crippen LogP contribution in [0.1, 0.15) is 121 Å². The predicted molar refractivity (Wildman–Crippen MR) is 356 cm³/mol. The van der Waals surface area contributed by atoms with Crippen LogP contribution in [-0.2, 0) is 75.2 Å². The molecular formula is C63H98N18O13S. The van der Waals surface area contributed by atoms with Crippen molar-refractivity contribution in [1.82, 2.24) is 52.3 Å². The van der Waals surface area contributed by atoms with Crippen LogP contribution in [0.3, 0.4) is 0 Å². The van der Waals surface area contributed by atoms with Gasteiger partial charge in [-0.15, -0.1) is 0 Å². The van der Waals surface area contributed by atoms with Gasteiger partial charge in [-0.1, -0.05) is 74.5 Å². The Bertz CT molecular complexity index is 2960. The van der Waals surface area contributed by atoms with Crippen LogP contribution in [0.2, 0.25) is 0 Å². The van der Waals surface area contributed by atoms with Gasteiger partial charge >= 0.3 is 0 Å². The van der Waals surface area contributed by atoms with Gasteiger partial charge in [-0.05, 0) is 119 Å². The standard InChI is InChI=1S/C63H98N18O13S/c1-37(2)33-45(57(89)74-41(53(68)85)27-32-95-3)73-52(84)36-72-54(86)46(34-38-15-6-4-7-16-38)78-58(90)47(35-39-17-8-5-9-18-39)79-56(88)42(23-25-50(66)82)75-55(87)43(24-26-51(67)83)76-59(91)49-22-14-31-81(49)62(94)44(20-10-11-28-64)77-60(92)48-21-13-30-80(48)61(93)40(65)19-12-29-71-63(69)70/h4-9,15-18,37,40-49H,10-14,19-36,64-65H2,1-3H3,(H2,66,82)(H2,67,83)(H2,68,85)(H,72,86)(H,73,84)(H,74,89)(H,75,87)(H,76,91)(H,77,92)(H,78,90)(H,79,88)(H4,69,70,71)/t40-,41-,42-,43-,44+,45-,46-,47-,48-,49-/m0/s1. The van der Waals surface area contributed by atoms with Gasteiger partial charge in [0.2, 0.25) is 76.8 Å². The molecule has 10 atom stereocenters. The van der Waals surface area contributed by atoms with E-state index in [1.807, 2.05) is 20.1 Å². The van der Waals surface area contributed by atoms with Gasteiger partial charge < -0.3 is 92.5 Å². The summed E-state index contributed by atoms with van der Waals surface area (Å²) in [4.78, 5) is 185. The second-order valence-corrected chi connectivity index (χ2v) is 25.1. The van der Waals surface area contributed by atoms with Crippen LogP contribution in [0.15, 0.2) is 65.7 Å². The fourth-order valence-electron chi connectivity index (χ4n) is 11.0. The van der Waals surface area contributed by atoms with E-state index < -0.39 is 169 Å². The number of rotatable bonds is 42. The summed E-state index contributed by atoms with van der Waals surface area (Å²) >= 11 is 1.45. The summed E-state index contributed by atoms with van der Waals surface area (Å²) in [7, 11) is 0. The van der Waals surface area contributed by atoms with Crippen molar-refractivity contribution in [3.8, 4) is 0 Å². The highest BCUT2D eigenvalue weighted by Gasteiger charge is 2.42. The summed E-state index contributed by atoms with van der Waals surface area (Å²) in [6, 6.07) is 4.51. The lowest BCUT2D eigenvalue weighted by molar-refractivity contribution is -0.144. The lowest BCUT2D eigenvalue weighted by Gasteiger charge is -2.32. The molecule has 0 radical (unpaired) electrons. The van der Waals surface area contributed by atoms with E-state index in [9.17, 15) is 62.3 Å². The van der Waals surface area contributed by atoms with E-state index in [0.717, 1.165) is 0 Å². The monoisotopic (exact) mass is 1350 g/mol. The summed E-state index contributed by atoms with van der Waals surface area (Å²) in [5.74, 6) is -9.80. The third kappa shape index (κ3) is 27.5. The first-order chi connectivity index (χ1) is 45.2. The summed E-state index contributed by atoms with van der Waals surface area (Å²) in [6.07, 6.45) is 3.12. The molecule has 22 N–H and O–H groups in total. The Morgan fingerprint density at radius 3 is 1.51 bits per heavy atom. The molecule has 2 saturated heterocycles. The van der Waals surface area contributed by atoms with E-state index in [0.29, 0.717) is 55.4 Å². The van der Waals surface area contributed by atoms with Crippen LogP contribution in [-0.4, -0.2) is 198 Å². The molecule has 13 amide bonds. The van der Waals surface area contributed by atoms with Crippen molar-refractivity contribution in [2.24, 2.45) is 51.0 Å². The van der Waals surface area contributed by atoms with Crippen molar-refractivity contribution < 1.29 is 62.3 Å². The number of thioether (sulfide) groups is 1. The van der Waals surface area contributed by atoms with Crippen molar-refractivity contribution >= 4 is 94.5 Å². The molecule has 0 saturated carbocycles. The average Bonchev–Trinajstić information content (AvgIpc) is 1.74. The minimum Gasteiger partial charge on any atom is -0.370 e. The fraction of sp³-hybridized carbons (Fsp3) is 0.587. The molecule has 0 aliphatic carbocycles. The third-order valence-corrected chi connectivity index (χ3v) is 16.7. The lowest BCUT2D eigenvalue weighted by Crippen LogP contribution is -2.60. The number of likely N-dealkylation sites (tertiary alicyclic amines) is 2. The highest BCUT2D eigenvalue weighted by atomic mass is 32.2. The minimum atomic E-state index is -1.64. The number of nitrogens with one attached hydrogen (secondary N) is 8. The number of unbranched alkanes of at least 4 members (excludes halogenated alkanes) is 1. The molecule has 2 aromatic rings. The Labute approximate surface area is 558 Å². The third-order valence-electron chi connectivity index (χ3n) is 16.0. The molecule has 95 heavy (non-hydrogen) atoms. The van der Waals surface area contributed by atoms with Crippen molar-refractivity contribution in [2.75, 3.05) is 44.7 Å². The number of benzene rings is 2. The van der Waals surface area contributed by atoms with Gasteiger partial charge in [0.05, 0.1) is 12.6 Å². The largest absolute Gasteiger partial charge is 0.370 e. The maximum absolute atomic E-state index is 14.7. The fourth-order valence-corrected chi connectivity index (χ4v) is 11.5. The van der Waals surface area contributed by atoms with Crippen molar-refractivity contribution in [1.29, 1.82) is 0 Å². The molecule has 0 bridgehead atoms. The van der Waals surface area contributed by atoms with Gasteiger partial charge in [-0.25, -0.2) is 0 Å². The number of carbonyl (C=O) groups excluding carboxylic acids is 13. The molecule has 0 spiro atoms. The molecule has 0 unspecified atom stereocenters. The maximum atomic E-state index is 14.7. The summed E-state index contributed by atoms with van der Waals surface area (Å²) < 4.78 is 0. The number of hydrogen-bond donors (Lipinski definition) is 15. The summed E-state index contributed by atoms with van der Waals surface area (Å²) in [5.41, 5.74) is 40.6. The van der Waals surface area contributed by atoms with E-state index in [2.05, 4.69) is 47.5 Å². The second kappa shape index (κ2) is 41.0. The molecule has 0 aromatic heterocycles. The SMILES string of the molecule is CSCC[C@H](NC(=O)[C@H](CC(C)C)NC(=O)CNC(=O)[C@H](Cc1ccccc1)NC(=O)[C@H](Cc1ccccc1)NC(=O)[C@H](CCC(N)=O)NC(=O)[C@H](CCC(N)=O)NC(=O)[C@@H]1CCCN1C(=O)[C@@H](CCCCN)NC(=O)[C@@H]1CCCN1C(=O)[C@@H](N)CCCN=C(N)N)C(N)=O. The number of nitrogens with zero attached hydrogens (tertiary/aromatic N) is 3. The zero-order chi connectivity index (χ0) is 70.1. The molecule has 32 heteroatoms. The number of hydrogen-bond acceptors (Lipinski definition) is 17. The number of guanidine groups is 1. The molecule has 4 rings (SSSR count). The van der Waals surface area contributed by atoms with Gasteiger partial charge in [-0.3, -0.25) is 67.3 Å². The van der Waals surface area contributed by atoms with Gasteiger partial charge in [0.15, 0.2) is 5.96 Å². The Hall–Kier alpha value is -8.91. The Kier molecular flexibility index (Phi) is 33.9. The van der Waals surface area contributed by atoms with Crippen molar-refractivity contribution in [3.05, 3.63) is 71.8 Å². The first kappa shape index (κ1) is 78.5. The molecule has 524 valence electrons. The van der Waals surface area contributed by atoms with Crippen LogP contribution in [0.25, 0.3) is 0 Å². The smallest absolute Gasteiger partial charge is 0.245 e.